The third-order valence-electron chi connectivity index (χ3n) is 3.69. The van der Waals surface area contributed by atoms with Gasteiger partial charge in [0.25, 0.3) is 0 Å². The van der Waals surface area contributed by atoms with Gasteiger partial charge in [-0.1, -0.05) is 52.7 Å². The fourth-order valence-electron chi connectivity index (χ4n) is 2.00. The maximum absolute atomic E-state index is 9.87. The Morgan fingerprint density at radius 1 is 1.00 bits per heavy atom. The topological polar surface area (TPSA) is 20.2 Å². The summed E-state index contributed by atoms with van der Waals surface area (Å²) in [5.74, 6) is 1.81. The van der Waals surface area contributed by atoms with Gasteiger partial charge in [0.1, 0.15) is 5.75 Å². The van der Waals surface area contributed by atoms with Gasteiger partial charge >= 0.3 is 0 Å². The number of phenols is 1. The van der Waals surface area contributed by atoms with Crippen molar-refractivity contribution in [1.29, 1.82) is 0 Å². The van der Waals surface area contributed by atoms with Gasteiger partial charge in [0.05, 0.1) is 0 Å². The molecular formula is C16H26O. The first kappa shape index (κ1) is 14.1. The molecule has 0 heterocycles. The zero-order chi connectivity index (χ0) is 12.8. The Morgan fingerprint density at radius 2 is 1.59 bits per heavy atom. The maximum atomic E-state index is 9.87. The summed E-state index contributed by atoms with van der Waals surface area (Å²) in [6.45, 7) is 8.94. The molecule has 17 heavy (non-hydrogen) atoms. The van der Waals surface area contributed by atoms with E-state index in [1.54, 1.807) is 0 Å². The van der Waals surface area contributed by atoms with Crippen molar-refractivity contribution >= 4 is 0 Å². The van der Waals surface area contributed by atoms with Crippen molar-refractivity contribution in [2.45, 2.75) is 53.4 Å². The minimum absolute atomic E-state index is 0.457. The van der Waals surface area contributed by atoms with Gasteiger partial charge in [-0.3, -0.25) is 0 Å². The van der Waals surface area contributed by atoms with E-state index in [1.165, 1.54) is 12.0 Å². The molecule has 0 radical (unpaired) electrons. The van der Waals surface area contributed by atoms with E-state index in [0.717, 1.165) is 30.7 Å². The molecule has 1 aromatic carbocycles. The first-order valence-corrected chi connectivity index (χ1v) is 6.87. The van der Waals surface area contributed by atoms with Crippen LogP contribution in [-0.2, 0) is 12.8 Å². The Hall–Kier alpha value is -0.980. The van der Waals surface area contributed by atoms with E-state index < -0.39 is 0 Å². The number of aromatic hydroxyl groups is 1. The molecule has 0 aliphatic heterocycles. The van der Waals surface area contributed by atoms with Crippen LogP contribution in [0.3, 0.4) is 0 Å². The number of rotatable bonds is 6. The molecule has 96 valence electrons. The fraction of sp³-hybridized carbons (Fsp3) is 0.625. The van der Waals surface area contributed by atoms with Crippen LogP contribution in [0.15, 0.2) is 18.2 Å². The van der Waals surface area contributed by atoms with Crippen molar-refractivity contribution < 1.29 is 5.11 Å². The van der Waals surface area contributed by atoms with Gasteiger partial charge in [-0.2, -0.15) is 0 Å². The van der Waals surface area contributed by atoms with Gasteiger partial charge in [-0.25, -0.2) is 0 Å². The van der Waals surface area contributed by atoms with E-state index in [-0.39, 0.29) is 0 Å². The zero-order valence-electron chi connectivity index (χ0n) is 11.7. The third-order valence-corrected chi connectivity index (χ3v) is 3.69. The van der Waals surface area contributed by atoms with Crippen LogP contribution in [0.2, 0.25) is 0 Å². The third kappa shape index (κ3) is 4.41. The van der Waals surface area contributed by atoms with Crippen LogP contribution in [0.1, 0.15) is 51.7 Å². The predicted octanol–water partition coefficient (Wildman–Crippen LogP) is 4.57. The lowest BCUT2D eigenvalue weighted by Gasteiger charge is -2.13. The minimum Gasteiger partial charge on any atom is -0.508 e. The zero-order valence-corrected chi connectivity index (χ0v) is 11.7. The molecule has 0 amide bonds. The van der Waals surface area contributed by atoms with Gasteiger partial charge in [0.2, 0.25) is 0 Å². The molecule has 1 nitrogen and oxygen atoms in total. The van der Waals surface area contributed by atoms with Crippen LogP contribution in [0, 0.1) is 11.8 Å². The van der Waals surface area contributed by atoms with Crippen LogP contribution < -0.4 is 0 Å². The fourth-order valence-corrected chi connectivity index (χ4v) is 2.00. The lowest BCUT2D eigenvalue weighted by Crippen LogP contribution is -2.01. The quantitative estimate of drug-likeness (QED) is 0.764. The Labute approximate surface area is 106 Å². The monoisotopic (exact) mass is 234 g/mol. The van der Waals surface area contributed by atoms with Crippen molar-refractivity contribution in [3.63, 3.8) is 0 Å². The van der Waals surface area contributed by atoms with E-state index in [4.69, 9.17) is 0 Å². The van der Waals surface area contributed by atoms with Crippen molar-refractivity contribution in [2.75, 3.05) is 0 Å². The molecule has 2 atom stereocenters. The van der Waals surface area contributed by atoms with Crippen LogP contribution in [0.5, 0.6) is 5.75 Å². The summed E-state index contributed by atoms with van der Waals surface area (Å²) in [6.07, 6.45) is 4.47. The SMILES string of the molecule is CCC(C)Cc1ccc(O)c(CC(C)CC)c1. The van der Waals surface area contributed by atoms with Gasteiger partial charge in [-0.05, 0) is 41.9 Å². The number of phenolic OH excluding ortho intramolecular Hbond substituents is 1. The summed E-state index contributed by atoms with van der Waals surface area (Å²) in [5, 5.41) is 9.87. The molecular weight excluding hydrogens is 208 g/mol. The Kier molecular flexibility index (Phi) is 5.54. The maximum Gasteiger partial charge on any atom is 0.118 e. The molecule has 1 N–H and O–H groups in total. The second-order valence-corrected chi connectivity index (χ2v) is 5.40. The van der Waals surface area contributed by atoms with Crippen LogP contribution >= 0.6 is 0 Å². The Morgan fingerprint density at radius 3 is 2.18 bits per heavy atom. The highest BCUT2D eigenvalue weighted by Crippen LogP contribution is 2.24. The smallest absolute Gasteiger partial charge is 0.118 e. The Bertz CT molecular complexity index is 343. The van der Waals surface area contributed by atoms with Crippen LogP contribution in [0.4, 0.5) is 0 Å². The molecule has 0 spiro atoms. The molecule has 0 fully saturated rings. The molecule has 0 saturated carbocycles. The summed E-state index contributed by atoms with van der Waals surface area (Å²) in [7, 11) is 0. The highest BCUT2D eigenvalue weighted by molar-refractivity contribution is 5.36. The highest BCUT2D eigenvalue weighted by atomic mass is 16.3. The molecule has 0 aromatic heterocycles. The molecule has 1 aromatic rings. The number of hydrogen-bond acceptors (Lipinski definition) is 1. The molecule has 0 bridgehead atoms. The van der Waals surface area contributed by atoms with E-state index in [2.05, 4.69) is 39.8 Å². The number of hydrogen-bond donors (Lipinski definition) is 1. The second-order valence-electron chi connectivity index (χ2n) is 5.40. The van der Waals surface area contributed by atoms with Crippen molar-refractivity contribution in [2.24, 2.45) is 11.8 Å². The highest BCUT2D eigenvalue weighted by Gasteiger charge is 2.08. The molecule has 0 aliphatic rings. The van der Waals surface area contributed by atoms with Gasteiger partial charge < -0.3 is 5.11 Å². The molecule has 0 aliphatic carbocycles. The minimum atomic E-state index is 0.457. The van der Waals surface area contributed by atoms with Crippen LogP contribution in [0.25, 0.3) is 0 Å². The van der Waals surface area contributed by atoms with Crippen molar-refractivity contribution in [1.82, 2.24) is 0 Å². The van der Waals surface area contributed by atoms with Crippen molar-refractivity contribution in [3.05, 3.63) is 29.3 Å². The second kappa shape index (κ2) is 6.68. The first-order chi connectivity index (χ1) is 8.06. The summed E-state index contributed by atoms with van der Waals surface area (Å²) < 4.78 is 0. The van der Waals surface area contributed by atoms with E-state index in [0.29, 0.717) is 11.7 Å². The van der Waals surface area contributed by atoms with E-state index in [9.17, 15) is 5.11 Å². The lowest BCUT2D eigenvalue weighted by molar-refractivity contribution is 0.456. The van der Waals surface area contributed by atoms with E-state index >= 15 is 0 Å². The summed E-state index contributed by atoms with van der Waals surface area (Å²) in [4.78, 5) is 0. The summed E-state index contributed by atoms with van der Waals surface area (Å²) in [6, 6.07) is 6.10. The first-order valence-electron chi connectivity index (χ1n) is 6.87. The average Bonchev–Trinajstić information content (AvgIpc) is 2.33. The van der Waals surface area contributed by atoms with Gasteiger partial charge in [0.15, 0.2) is 0 Å². The Balaban J connectivity index is 2.79. The van der Waals surface area contributed by atoms with Crippen LogP contribution in [-0.4, -0.2) is 5.11 Å². The normalized spacial score (nSPS) is 14.6. The summed E-state index contributed by atoms with van der Waals surface area (Å²) in [5.41, 5.74) is 2.47. The lowest BCUT2D eigenvalue weighted by atomic mass is 9.93. The standard InChI is InChI=1S/C16H26O/c1-5-12(3)9-14-7-8-16(17)15(11-14)10-13(4)6-2/h7-8,11-13,17H,5-6,9-10H2,1-4H3. The van der Waals surface area contributed by atoms with E-state index in [1.807, 2.05) is 6.07 Å². The largest absolute Gasteiger partial charge is 0.508 e. The van der Waals surface area contributed by atoms with Gasteiger partial charge in [-0.15, -0.1) is 0 Å². The number of benzene rings is 1. The average molecular weight is 234 g/mol. The molecule has 0 saturated heterocycles. The summed E-state index contributed by atoms with van der Waals surface area (Å²) >= 11 is 0. The van der Waals surface area contributed by atoms with Crippen molar-refractivity contribution in [3.8, 4) is 5.75 Å². The molecule has 1 heteroatoms. The molecule has 1 rings (SSSR count). The van der Waals surface area contributed by atoms with Gasteiger partial charge in [0, 0.05) is 0 Å². The molecule has 2 unspecified atom stereocenters. The predicted molar refractivity (Wildman–Crippen MR) is 74.4 cm³/mol.